The Morgan fingerprint density at radius 3 is 2.38 bits per heavy atom. The fraction of sp³-hybridized carbons (Fsp3) is 0.130. The summed E-state index contributed by atoms with van der Waals surface area (Å²) < 4.78 is 5.53. The Morgan fingerprint density at radius 1 is 0.897 bits per heavy atom. The summed E-state index contributed by atoms with van der Waals surface area (Å²) in [5, 5.41) is 5.96. The molecule has 0 saturated heterocycles. The molecule has 0 aliphatic rings. The Labute approximate surface area is 174 Å². The molecule has 3 aromatic rings. The third-order valence-corrected chi connectivity index (χ3v) is 4.47. The van der Waals surface area contributed by atoms with Crippen molar-refractivity contribution in [3.63, 3.8) is 0 Å². The maximum atomic E-state index is 12.7. The van der Waals surface area contributed by atoms with E-state index in [1.807, 2.05) is 49.4 Å². The molecule has 0 saturated carbocycles. The zero-order valence-corrected chi connectivity index (χ0v) is 16.7. The highest BCUT2D eigenvalue weighted by Crippen LogP contribution is 2.27. The molecular weight excluding hydrogens is 388 g/mol. The minimum atomic E-state index is -0.327. The lowest BCUT2D eigenvalue weighted by molar-refractivity contribution is -0.115. The molecule has 0 aliphatic carbocycles. The van der Waals surface area contributed by atoms with Gasteiger partial charge in [-0.25, -0.2) is 0 Å². The second-order valence-corrected chi connectivity index (χ2v) is 6.70. The van der Waals surface area contributed by atoms with Crippen molar-refractivity contribution in [1.82, 2.24) is 0 Å². The third kappa shape index (κ3) is 5.59. The number of carbonyl (C=O) groups is 2. The Morgan fingerprint density at radius 2 is 1.62 bits per heavy atom. The van der Waals surface area contributed by atoms with Crippen molar-refractivity contribution in [2.24, 2.45) is 0 Å². The van der Waals surface area contributed by atoms with E-state index in [9.17, 15) is 9.59 Å². The van der Waals surface area contributed by atoms with Gasteiger partial charge in [-0.15, -0.1) is 0 Å². The van der Waals surface area contributed by atoms with Gasteiger partial charge >= 0.3 is 0 Å². The molecule has 2 amide bonds. The molecule has 2 N–H and O–H groups in total. The number of nitrogens with one attached hydrogen (secondary N) is 2. The van der Waals surface area contributed by atoms with Crippen LogP contribution in [-0.4, -0.2) is 18.4 Å². The number of ether oxygens (including phenoxy) is 1. The number of para-hydroxylation sites is 2. The Hall–Kier alpha value is -3.31. The number of hydrogen-bond donors (Lipinski definition) is 2. The van der Waals surface area contributed by atoms with E-state index in [1.54, 1.807) is 30.3 Å². The van der Waals surface area contributed by atoms with Crippen LogP contribution in [0.15, 0.2) is 72.8 Å². The van der Waals surface area contributed by atoms with Crippen LogP contribution >= 0.6 is 11.6 Å². The van der Waals surface area contributed by atoms with Gasteiger partial charge in [0.05, 0.1) is 29.4 Å². The van der Waals surface area contributed by atoms with Crippen LogP contribution in [0.4, 0.5) is 11.4 Å². The maximum absolute atomic E-state index is 12.7. The van der Waals surface area contributed by atoms with Crippen molar-refractivity contribution in [2.75, 3.05) is 17.2 Å². The van der Waals surface area contributed by atoms with Crippen molar-refractivity contribution >= 4 is 34.8 Å². The highest BCUT2D eigenvalue weighted by atomic mass is 35.5. The number of rotatable bonds is 7. The molecule has 0 heterocycles. The number of amides is 2. The Bertz CT molecular complexity index is 1010. The predicted octanol–water partition coefficient (Wildman–Crippen LogP) is 5.17. The van der Waals surface area contributed by atoms with E-state index in [4.69, 9.17) is 16.3 Å². The van der Waals surface area contributed by atoms with Crippen LogP contribution in [-0.2, 0) is 11.2 Å². The minimum absolute atomic E-state index is 0.211. The average molecular weight is 409 g/mol. The van der Waals surface area contributed by atoms with Gasteiger partial charge in [-0.2, -0.15) is 0 Å². The van der Waals surface area contributed by atoms with Crippen molar-refractivity contribution in [3.8, 4) is 5.75 Å². The summed E-state index contributed by atoms with van der Waals surface area (Å²) in [6.45, 7) is 2.37. The number of halogens is 1. The monoisotopic (exact) mass is 408 g/mol. The fourth-order valence-corrected chi connectivity index (χ4v) is 2.95. The summed E-state index contributed by atoms with van der Waals surface area (Å²) in [4.78, 5) is 25.0. The van der Waals surface area contributed by atoms with Gasteiger partial charge in [0.1, 0.15) is 5.75 Å². The van der Waals surface area contributed by atoms with Gasteiger partial charge < -0.3 is 15.4 Å². The largest absolute Gasteiger partial charge is 0.492 e. The smallest absolute Gasteiger partial charge is 0.255 e. The second-order valence-electron chi connectivity index (χ2n) is 6.29. The van der Waals surface area contributed by atoms with E-state index in [2.05, 4.69) is 10.6 Å². The molecule has 0 aliphatic heterocycles. The number of benzene rings is 3. The third-order valence-electron chi connectivity index (χ3n) is 4.15. The quantitative estimate of drug-likeness (QED) is 0.566. The lowest BCUT2D eigenvalue weighted by atomic mass is 10.1. The Balaban J connectivity index is 1.73. The summed E-state index contributed by atoms with van der Waals surface area (Å²) in [6.07, 6.45) is 0.218. The van der Waals surface area contributed by atoms with Gasteiger partial charge in [0, 0.05) is 5.56 Å². The predicted molar refractivity (Wildman–Crippen MR) is 116 cm³/mol. The molecule has 0 bridgehead atoms. The molecule has 29 heavy (non-hydrogen) atoms. The van der Waals surface area contributed by atoms with E-state index in [0.29, 0.717) is 34.3 Å². The first kappa shape index (κ1) is 20.4. The summed E-state index contributed by atoms with van der Waals surface area (Å²) in [5.74, 6) is 0.0541. The summed E-state index contributed by atoms with van der Waals surface area (Å²) >= 11 is 6.21. The molecule has 0 radical (unpaired) electrons. The van der Waals surface area contributed by atoms with E-state index in [-0.39, 0.29) is 18.2 Å². The zero-order chi connectivity index (χ0) is 20.6. The Kier molecular flexibility index (Phi) is 6.87. The van der Waals surface area contributed by atoms with Crippen LogP contribution in [0, 0.1) is 0 Å². The number of hydrogen-bond acceptors (Lipinski definition) is 3. The molecule has 0 aromatic heterocycles. The van der Waals surface area contributed by atoms with Gasteiger partial charge in [0.2, 0.25) is 5.91 Å². The van der Waals surface area contributed by atoms with E-state index >= 15 is 0 Å². The van der Waals surface area contributed by atoms with Crippen LogP contribution < -0.4 is 15.4 Å². The van der Waals surface area contributed by atoms with Gasteiger partial charge in [-0.1, -0.05) is 54.1 Å². The summed E-state index contributed by atoms with van der Waals surface area (Å²) in [7, 11) is 0. The van der Waals surface area contributed by atoms with Crippen LogP contribution in [0.2, 0.25) is 5.02 Å². The first-order chi connectivity index (χ1) is 14.1. The number of anilines is 2. The topological polar surface area (TPSA) is 67.4 Å². The lowest BCUT2D eigenvalue weighted by Gasteiger charge is -2.13. The molecule has 0 fully saturated rings. The molecule has 0 atom stereocenters. The second kappa shape index (κ2) is 9.75. The van der Waals surface area contributed by atoms with Gasteiger partial charge in [-0.05, 0) is 42.8 Å². The van der Waals surface area contributed by atoms with Gasteiger partial charge in [0.15, 0.2) is 0 Å². The van der Waals surface area contributed by atoms with Crippen LogP contribution in [0.5, 0.6) is 5.75 Å². The summed E-state index contributed by atoms with van der Waals surface area (Å²) in [5.41, 5.74) is 2.22. The molecule has 5 nitrogen and oxygen atoms in total. The first-order valence-corrected chi connectivity index (χ1v) is 9.61. The van der Waals surface area contributed by atoms with Gasteiger partial charge in [0.25, 0.3) is 5.91 Å². The molecular formula is C23H21ClN2O3. The van der Waals surface area contributed by atoms with Crippen LogP contribution in [0.1, 0.15) is 22.8 Å². The molecule has 3 aromatic carbocycles. The molecule has 148 valence electrons. The lowest BCUT2D eigenvalue weighted by Crippen LogP contribution is -2.16. The zero-order valence-electron chi connectivity index (χ0n) is 15.9. The minimum Gasteiger partial charge on any atom is -0.492 e. The highest BCUT2D eigenvalue weighted by molar-refractivity contribution is 6.34. The van der Waals surface area contributed by atoms with Crippen molar-refractivity contribution in [1.29, 1.82) is 0 Å². The van der Waals surface area contributed by atoms with Crippen molar-refractivity contribution < 1.29 is 14.3 Å². The van der Waals surface area contributed by atoms with E-state index in [0.717, 1.165) is 5.56 Å². The van der Waals surface area contributed by atoms with Crippen LogP contribution in [0.3, 0.4) is 0 Å². The SMILES string of the molecule is CCOc1ccccc1NC(=O)c1ccc(Cl)c(NC(=O)Cc2ccccc2)c1. The van der Waals surface area contributed by atoms with Crippen LogP contribution in [0.25, 0.3) is 0 Å². The normalized spacial score (nSPS) is 10.3. The van der Waals surface area contributed by atoms with Crippen molar-refractivity contribution in [3.05, 3.63) is 88.9 Å². The molecule has 0 unspecified atom stereocenters. The molecule has 0 spiro atoms. The fourth-order valence-electron chi connectivity index (χ4n) is 2.78. The highest BCUT2D eigenvalue weighted by Gasteiger charge is 2.13. The van der Waals surface area contributed by atoms with Crippen molar-refractivity contribution in [2.45, 2.75) is 13.3 Å². The number of carbonyl (C=O) groups excluding carboxylic acids is 2. The average Bonchev–Trinajstić information content (AvgIpc) is 2.72. The van der Waals surface area contributed by atoms with E-state index < -0.39 is 0 Å². The molecule has 3 rings (SSSR count). The molecule has 6 heteroatoms. The first-order valence-electron chi connectivity index (χ1n) is 9.23. The maximum Gasteiger partial charge on any atom is 0.255 e. The standard InChI is InChI=1S/C23H21ClN2O3/c1-2-29-21-11-7-6-10-19(21)26-23(28)17-12-13-18(24)20(15-17)25-22(27)14-16-8-4-3-5-9-16/h3-13,15H,2,14H2,1H3,(H,25,27)(H,26,28). The van der Waals surface area contributed by atoms with E-state index in [1.165, 1.54) is 0 Å². The van der Waals surface area contributed by atoms with Gasteiger partial charge in [-0.3, -0.25) is 9.59 Å². The summed E-state index contributed by atoms with van der Waals surface area (Å²) in [6, 6.07) is 21.4.